The highest BCUT2D eigenvalue weighted by atomic mass is 16.6. The number of fused-ring (bicyclic) bond motifs is 1. The zero-order valence-electron chi connectivity index (χ0n) is 10.6. The molecular formula is C15H18O2. The van der Waals surface area contributed by atoms with Crippen molar-refractivity contribution in [2.24, 2.45) is 0 Å². The first kappa shape index (κ1) is 11.9. The van der Waals surface area contributed by atoms with Crippen LogP contribution in [-0.4, -0.2) is 11.6 Å². The molecular weight excluding hydrogens is 212 g/mol. The molecule has 17 heavy (non-hydrogen) atoms. The molecule has 0 fully saturated rings. The molecule has 1 aromatic carbocycles. The fraction of sp³-hybridized carbons (Fsp3) is 0.400. The molecule has 1 aliphatic rings. The molecule has 90 valence electrons. The van der Waals surface area contributed by atoms with E-state index in [4.69, 9.17) is 4.74 Å². The second kappa shape index (κ2) is 4.36. The van der Waals surface area contributed by atoms with Crippen molar-refractivity contribution in [2.45, 2.75) is 39.2 Å². The molecule has 0 heterocycles. The highest BCUT2D eigenvalue weighted by molar-refractivity contribution is 5.87. The molecule has 2 nitrogen and oxygen atoms in total. The lowest BCUT2D eigenvalue weighted by atomic mass is 10.0. The Hall–Kier alpha value is -1.57. The number of benzene rings is 1. The molecule has 0 aromatic heterocycles. The predicted octanol–water partition coefficient (Wildman–Crippen LogP) is 3.36. The molecule has 0 atom stereocenters. The van der Waals surface area contributed by atoms with Gasteiger partial charge in [-0.3, -0.25) is 4.79 Å². The normalized spacial score (nSPS) is 14.2. The second-order valence-electron chi connectivity index (χ2n) is 5.35. The summed E-state index contributed by atoms with van der Waals surface area (Å²) in [6, 6.07) is 8.21. The van der Waals surface area contributed by atoms with E-state index in [1.807, 2.05) is 32.9 Å². The highest BCUT2D eigenvalue weighted by Gasteiger charge is 2.20. The number of ether oxygens (including phenoxy) is 1. The standard InChI is InChI=1S/C15H18O2/c1-15(2,3)17-14(16)10-12-9-8-11-6-4-5-7-13(11)12/h4-7,9H,8,10H2,1-3H3. The van der Waals surface area contributed by atoms with Crippen LogP contribution >= 0.6 is 0 Å². The molecule has 2 rings (SSSR count). The van der Waals surface area contributed by atoms with Gasteiger partial charge in [-0.2, -0.15) is 0 Å². The lowest BCUT2D eigenvalue weighted by Gasteiger charge is -2.19. The summed E-state index contributed by atoms with van der Waals surface area (Å²) < 4.78 is 5.33. The molecule has 0 aliphatic heterocycles. The van der Waals surface area contributed by atoms with Gasteiger partial charge in [-0.25, -0.2) is 0 Å². The third-order valence-corrected chi connectivity index (χ3v) is 2.69. The van der Waals surface area contributed by atoms with Gasteiger partial charge in [0.05, 0.1) is 6.42 Å². The van der Waals surface area contributed by atoms with Crippen molar-refractivity contribution in [2.75, 3.05) is 0 Å². The molecule has 0 unspecified atom stereocenters. The Labute approximate surface area is 102 Å². The van der Waals surface area contributed by atoms with Crippen LogP contribution in [0.2, 0.25) is 0 Å². The van der Waals surface area contributed by atoms with Crippen molar-refractivity contribution < 1.29 is 9.53 Å². The van der Waals surface area contributed by atoms with Gasteiger partial charge in [0.2, 0.25) is 0 Å². The van der Waals surface area contributed by atoms with Crippen molar-refractivity contribution in [3.8, 4) is 0 Å². The maximum absolute atomic E-state index is 11.8. The van der Waals surface area contributed by atoms with Crippen molar-refractivity contribution in [3.05, 3.63) is 41.5 Å². The minimum absolute atomic E-state index is 0.152. The molecule has 0 N–H and O–H groups in total. The second-order valence-corrected chi connectivity index (χ2v) is 5.35. The van der Waals surface area contributed by atoms with Crippen LogP contribution in [-0.2, 0) is 16.0 Å². The van der Waals surface area contributed by atoms with Gasteiger partial charge in [0, 0.05) is 0 Å². The largest absolute Gasteiger partial charge is 0.460 e. The summed E-state index contributed by atoms with van der Waals surface area (Å²) in [7, 11) is 0. The smallest absolute Gasteiger partial charge is 0.310 e. The third-order valence-electron chi connectivity index (χ3n) is 2.69. The van der Waals surface area contributed by atoms with Crippen LogP contribution in [0.3, 0.4) is 0 Å². The summed E-state index contributed by atoms with van der Waals surface area (Å²) in [6.07, 6.45) is 3.41. The maximum Gasteiger partial charge on any atom is 0.310 e. The van der Waals surface area contributed by atoms with Gasteiger partial charge in [-0.05, 0) is 43.9 Å². The number of esters is 1. The molecule has 0 saturated carbocycles. The first-order valence-electron chi connectivity index (χ1n) is 5.95. The van der Waals surface area contributed by atoms with Crippen LogP contribution in [0.1, 0.15) is 38.3 Å². The molecule has 1 aliphatic carbocycles. The highest BCUT2D eigenvalue weighted by Crippen LogP contribution is 2.30. The molecule has 0 saturated heterocycles. The summed E-state index contributed by atoms with van der Waals surface area (Å²) in [5, 5.41) is 0. The van der Waals surface area contributed by atoms with Gasteiger partial charge in [0.1, 0.15) is 5.60 Å². The van der Waals surface area contributed by atoms with E-state index in [-0.39, 0.29) is 5.97 Å². The molecule has 0 amide bonds. The van der Waals surface area contributed by atoms with E-state index in [2.05, 4.69) is 18.2 Å². The van der Waals surface area contributed by atoms with Gasteiger partial charge >= 0.3 is 5.97 Å². The van der Waals surface area contributed by atoms with Crippen molar-refractivity contribution >= 4 is 11.5 Å². The quantitative estimate of drug-likeness (QED) is 0.728. The van der Waals surface area contributed by atoms with Crippen LogP contribution < -0.4 is 0 Å². The monoisotopic (exact) mass is 230 g/mol. The maximum atomic E-state index is 11.8. The summed E-state index contributed by atoms with van der Waals surface area (Å²) in [6.45, 7) is 5.67. The average molecular weight is 230 g/mol. The fourth-order valence-electron chi connectivity index (χ4n) is 2.06. The van der Waals surface area contributed by atoms with Gasteiger partial charge < -0.3 is 4.74 Å². The van der Waals surface area contributed by atoms with E-state index < -0.39 is 5.60 Å². The zero-order valence-corrected chi connectivity index (χ0v) is 10.6. The van der Waals surface area contributed by atoms with Crippen LogP contribution in [0.5, 0.6) is 0 Å². The summed E-state index contributed by atoms with van der Waals surface area (Å²) in [4.78, 5) is 11.8. The van der Waals surface area contributed by atoms with Crippen molar-refractivity contribution in [1.82, 2.24) is 0 Å². The lowest BCUT2D eigenvalue weighted by molar-refractivity contribution is -0.153. The van der Waals surface area contributed by atoms with E-state index >= 15 is 0 Å². The number of allylic oxidation sites excluding steroid dienone is 1. The number of hydrogen-bond donors (Lipinski definition) is 0. The first-order chi connectivity index (χ1) is 7.96. The first-order valence-corrected chi connectivity index (χ1v) is 5.95. The Morgan fingerprint density at radius 3 is 2.71 bits per heavy atom. The molecule has 1 aromatic rings. The SMILES string of the molecule is CC(C)(C)OC(=O)CC1=CCc2ccccc21. The Kier molecular flexibility index (Phi) is 3.05. The van der Waals surface area contributed by atoms with Gasteiger partial charge in [0.25, 0.3) is 0 Å². The van der Waals surface area contributed by atoms with Gasteiger partial charge in [0.15, 0.2) is 0 Å². The Morgan fingerprint density at radius 1 is 1.29 bits per heavy atom. The number of rotatable bonds is 2. The van der Waals surface area contributed by atoms with Crippen LogP contribution in [0, 0.1) is 0 Å². The number of carbonyl (C=O) groups is 1. The summed E-state index contributed by atoms with van der Waals surface area (Å²) in [5.41, 5.74) is 3.18. The van der Waals surface area contributed by atoms with Crippen LogP contribution in [0.4, 0.5) is 0 Å². The van der Waals surface area contributed by atoms with Crippen molar-refractivity contribution in [3.63, 3.8) is 0 Å². The van der Waals surface area contributed by atoms with Gasteiger partial charge in [-0.15, -0.1) is 0 Å². The summed E-state index contributed by atoms with van der Waals surface area (Å²) >= 11 is 0. The Bertz CT molecular complexity index is 464. The molecule has 2 heteroatoms. The fourth-order valence-corrected chi connectivity index (χ4v) is 2.06. The molecule has 0 radical (unpaired) electrons. The van der Waals surface area contributed by atoms with E-state index in [1.165, 1.54) is 11.1 Å². The topological polar surface area (TPSA) is 26.3 Å². The van der Waals surface area contributed by atoms with E-state index in [1.54, 1.807) is 0 Å². The third kappa shape index (κ3) is 2.96. The molecule has 0 bridgehead atoms. The van der Waals surface area contributed by atoms with Crippen LogP contribution in [0.25, 0.3) is 5.57 Å². The summed E-state index contributed by atoms with van der Waals surface area (Å²) in [5.74, 6) is -0.152. The van der Waals surface area contributed by atoms with Gasteiger partial charge in [-0.1, -0.05) is 30.3 Å². The van der Waals surface area contributed by atoms with Crippen molar-refractivity contribution in [1.29, 1.82) is 0 Å². The minimum atomic E-state index is -0.407. The average Bonchev–Trinajstić information content (AvgIpc) is 2.59. The van der Waals surface area contributed by atoms with E-state index in [0.29, 0.717) is 6.42 Å². The zero-order chi connectivity index (χ0) is 12.5. The van der Waals surface area contributed by atoms with E-state index in [0.717, 1.165) is 12.0 Å². The Balaban J connectivity index is 2.05. The lowest BCUT2D eigenvalue weighted by Crippen LogP contribution is -2.23. The Morgan fingerprint density at radius 2 is 2.00 bits per heavy atom. The molecule has 0 spiro atoms. The van der Waals surface area contributed by atoms with Crippen LogP contribution in [0.15, 0.2) is 30.3 Å². The number of hydrogen-bond acceptors (Lipinski definition) is 2. The number of carbonyl (C=O) groups excluding carboxylic acids is 1. The minimum Gasteiger partial charge on any atom is -0.460 e. The van der Waals surface area contributed by atoms with E-state index in [9.17, 15) is 4.79 Å². The predicted molar refractivity (Wildman–Crippen MR) is 68.6 cm³/mol.